The summed E-state index contributed by atoms with van der Waals surface area (Å²) in [5, 5.41) is 18.7. The minimum atomic E-state index is -1.19. The molecule has 4 unspecified atom stereocenters. The van der Waals surface area contributed by atoms with Gasteiger partial charge in [-0.05, 0) is 35.8 Å². The first-order chi connectivity index (χ1) is 17.3. The third-order valence-electron chi connectivity index (χ3n) is 6.32. The molecule has 10 heteroatoms. The fraction of sp³-hybridized carbons (Fsp3) is 0.556. The van der Waals surface area contributed by atoms with Gasteiger partial charge in [0.2, 0.25) is 17.7 Å². The molecule has 0 saturated carbocycles. The van der Waals surface area contributed by atoms with E-state index in [1.165, 1.54) is 0 Å². The van der Waals surface area contributed by atoms with E-state index in [-0.39, 0.29) is 24.2 Å². The Bertz CT molecular complexity index is 1090. The van der Waals surface area contributed by atoms with Crippen LogP contribution in [0.3, 0.4) is 0 Å². The highest BCUT2D eigenvalue weighted by molar-refractivity contribution is 5.94. The maximum atomic E-state index is 13.2. The molecule has 1 heterocycles. The maximum absolute atomic E-state index is 13.2. The summed E-state index contributed by atoms with van der Waals surface area (Å²) in [5.74, 6) is -3.08. The van der Waals surface area contributed by atoms with E-state index in [0.717, 1.165) is 16.5 Å². The van der Waals surface area contributed by atoms with E-state index in [1.807, 2.05) is 52.0 Å². The lowest BCUT2D eigenvalue weighted by molar-refractivity contribution is -0.142. The number of para-hydroxylation sites is 1. The molecular formula is C27H41N5O5. The second kappa shape index (κ2) is 13.2. The molecule has 7 N–H and O–H groups in total. The third-order valence-corrected chi connectivity index (χ3v) is 6.32. The Morgan fingerprint density at radius 2 is 1.49 bits per heavy atom. The molecule has 204 valence electrons. The number of carboxylic acid groups (broad SMARTS) is 1. The first-order valence-corrected chi connectivity index (χ1v) is 12.8. The van der Waals surface area contributed by atoms with Gasteiger partial charge in [0.25, 0.3) is 0 Å². The van der Waals surface area contributed by atoms with Gasteiger partial charge in [0.15, 0.2) is 0 Å². The quantitative estimate of drug-likeness (QED) is 0.238. The van der Waals surface area contributed by atoms with Crippen molar-refractivity contribution in [3.63, 3.8) is 0 Å². The Balaban J connectivity index is 2.18. The molecule has 0 spiro atoms. The molecule has 3 amide bonds. The van der Waals surface area contributed by atoms with Gasteiger partial charge in [0.05, 0.1) is 6.04 Å². The number of nitrogens with two attached hydrogens (primary N) is 1. The van der Waals surface area contributed by atoms with Crippen LogP contribution in [0.5, 0.6) is 0 Å². The van der Waals surface area contributed by atoms with Crippen LogP contribution in [-0.2, 0) is 25.6 Å². The first-order valence-electron chi connectivity index (χ1n) is 12.8. The second-order valence-corrected chi connectivity index (χ2v) is 10.7. The fourth-order valence-electron chi connectivity index (χ4n) is 4.04. The number of aromatic amines is 1. The van der Waals surface area contributed by atoms with Crippen LogP contribution in [0.4, 0.5) is 0 Å². The predicted molar refractivity (Wildman–Crippen MR) is 143 cm³/mol. The number of carbonyl (C=O) groups excluding carboxylic acids is 3. The number of carbonyl (C=O) groups is 4. The van der Waals surface area contributed by atoms with Crippen LogP contribution < -0.4 is 21.7 Å². The molecule has 0 bridgehead atoms. The van der Waals surface area contributed by atoms with Gasteiger partial charge < -0.3 is 31.8 Å². The Labute approximate surface area is 218 Å². The number of hydrogen-bond donors (Lipinski definition) is 6. The van der Waals surface area contributed by atoms with Crippen molar-refractivity contribution in [2.24, 2.45) is 23.5 Å². The van der Waals surface area contributed by atoms with Crippen LogP contribution in [0.1, 0.15) is 53.5 Å². The topological polar surface area (TPSA) is 166 Å². The molecule has 0 aliphatic heterocycles. The molecule has 2 aromatic rings. The van der Waals surface area contributed by atoms with Gasteiger partial charge in [0.1, 0.15) is 18.1 Å². The van der Waals surface area contributed by atoms with Crippen molar-refractivity contribution in [3.8, 4) is 0 Å². The number of hydrogen-bond acceptors (Lipinski definition) is 5. The normalized spacial score (nSPS) is 14.9. The minimum absolute atomic E-state index is 0.0365. The Morgan fingerprint density at radius 3 is 2.05 bits per heavy atom. The van der Waals surface area contributed by atoms with E-state index >= 15 is 0 Å². The van der Waals surface area contributed by atoms with E-state index in [1.54, 1.807) is 20.0 Å². The largest absolute Gasteiger partial charge is 0.480 e. The van der Waals surface area contributed by atoms with Gasteiger partial charge >= 0.3 is 5.97 Å². The van der Waals surface area contributed by atoms with Crippen LogP contribution in [0.15, 0.2) is 30.5 Å². The highest BCUT2D eigenvalue weighted by Crippen LogP contribution is 2.19. The van der Waals surface area contributed by atoms with Crippen LogP contribution in [-0.4, -0.2) is 57.9 Å². The lowest BCUT2D eigenvalue weighted by Crippen LogP contribution is -2.59. The number of fused-ring (bicyclic) bond motifs is 1. The van der Waals surface area contributed by atoms with Gasteiger partial charge in [-0.1, -0.05) is 59.7 Å². The van der Waals surface area contributed by atoms with Gasteiger partial charge in [-0.3, -0.25) is 14.4 Å². The average molecular weight is 516 g/mol. The molecule has 37 heavy (non-hydrogen) atoms. The van der Waals surface area contributed by atoms with Crippen molar-refractivity contribution in [2.75, 3.05) is 0 Å². The molecule has 10 nitrogen and oxygen atoms in total. The molecule has 2 rings (SSSR count). The lowest BCUT2D eigenvalue weighted by atomic mass is 9.98. The summed E-state index contributed by atoms with van der Waals surface area (Å²) >= 11 is 0. The van der Waals surface area contributed by atoms with E-state index in [0.29, 0.717) is 6.42 Å². The number of aromatic nitrogens is 1. The number of nitrogens with one attached hydrogen (secondary N) is 4. The standard InChI is InChI=1S/C27H41N5O5/c1-14(2)11-20(30-26(35)23(16(5)6)32-25(34)22(28)15(3)4)24(33)31-21(27(36)37)12-17-13-29-19-10-8-7-9-18(17)19/h7-10,13-16,20-23,29H,11-12,28H2,1-6H3,(H,30,35)(H,31,33)(H,32,34)(H,36,37). The lowest BCUT2D eigenvalue weighted by Gasteiger charge is -2.28. The molecule has 0 fully saturated rings. The van der Waals surface area contributed by atoms with Crippen molar-refractivity contribution < 1.29 is 24.3 Å². The van der Waals surface area contributed by atoms with Gasteiger partial charge in [-0.15, -0.1) is 0 Å². The maximum Gasteiger partial charge on any atom is 0.326 e. The summed E-state index contributed by atoms with van der Waals surface area (Å²) in [6.45, 7) is 11.0. The molecule has 4 atom stereocenters. The molecule has 0 radical (unpaired) electrons. The third kappa shape index (κ3) is 8.31. The number of rotatable bonds is 13. The van der Waals surface area contributed by atoms with Crippen molar-refractivity contribution in [1.82, 2.24) is 20.9 Å². The molecule has 0 saturated heterocycles. The summed E-state index contributed by atoms with van der Waals surface area (Å²) in [4.78, 5) is 54.0. The Hall–Kier alpha value is -3.40. The first kappa shape index (κ1) is 29.8. The van der Waals surface area contributed by atoms with E-state index in [4.69, 9.17) is 5.73 Å². The monoisotopic (exact) mass is 515 g/mol. The Morgan fingerprint density at radius 1 is 0.865 bits per heavy atom. The number of aliphatic carboxylic acids is 1. The average Bonchev–Trinajstić information content (AvgIpc) is 3.22. The highest BCUT2D eigenvalue weighted by Gasteiger charge is 2.32. The number of amides is 3. The Kier molecular flexibility index (Phi) is 10.7. The summed E-state index contributed by atoms with van der Waals surface area (Å²) in [5.41, 5.74) is 7.56. The van der Waals surface area contributed by atoms with E-state index < -0.39 is 47.9 Å². The summed E-state index contributed by atoms with van der Waals surface area (Å²) in [7, 11) is 0. The summed E-state index contributed by atoms with van der Waals surface area (Å²) in [6.07, 6.45) is 2.10. The van der Waals surface area contributed by atoms with Gasteiger partial charge in [-0.2, -0.15) is 0 Å². The number of benzene rings is 1. The van der Waals surface area contributed by atoms with Crippen molar-refractivity contribution in [1.29, 1.82) is 0 Å². The zero-order valence-electron chi connectivity index (χ0n) is 22.5. The molecular weight excluding hydrogens is 474 g/mol. The zero-order chi connectivity index (χ0) is 27.9. The van der Waals surface area contributed by atoms with Gasteiger partial charge in [-0.25, -0.2) is 4.79 Å². The molecule has 1 aromatic carbocycles. The molecule has 1 aromatic heterocycles. The molecule has 0 aliphatic carbocycles. The van der Waals surface area contributed by atoms with E-state index in [9.17, 15) is 24.3 Å². The number of carboxylic acids is 1. The SMILES string of the molecule is CC(C)CC(NC(=O)C(NC(=O)C(N)C(C)C)C(C)C)C(=O)NC(Cc1c[nH]c2ccccc12)C(=O)O. The molecule has 0 aliphatic rings. The number of H-pyrrole nitrogens is 1. The predicted octanol–water partition coefficient (Wildman–Crippen LogP) is 1.93. The van der Waals surface area contributed by atoms with E-state index in [2.05, 4.69) is 20.9 Å². The summed E-state index contributed by atoms with van der Waals surface area (Å²) < 4.78 is 0. The second-order valence-electron chi connectivity index (χ2n) is 10.7. The minimum Gasteiger partial charge on any atom is -0.480 e. The fourth-order valence-corrected chi connectivity index (χ4v) is 4.04. The van der Waals surface area contributed by atoms with Crippen LogP contribution in [0, 0.1) is 17.8 Å². The van der Waals surface area contributed by atoms with Crippen molar-refractivity contribution in [2.45, 2.75) is 78.6 Å². The van der Waals surface area contributed by atoms with Gasteiger partial charge in [0, 0.05) is 23.5 Å². The summed E-state index contributed by atoms with van der Waals surface area (Å²) in [6, 6.07) is 3.67. The van der Waals surface area contributed by atoms with Crippen molar-refractivity contribution in [3.05, 3.63) is 36.0 Å². The van der Waals surface area contributed by atoms with Crippen molar-refractivity contribution >= 4 is 34.6 Å². The smallest absolute Gasteiger partial charge is 0.326 e. The van der Waals surface area contributed by atoms with Crippen LogP contribution in [0.2, 0.25) is 0 Å². The van der Waals surface area contributed by atoms with Crippen LogP contribution in [0.25, 0.3) is 10.9 Å². The van der Waals surface area contributed by atoms with Crippen LogP contribution >= 0.6 is 0 Å². The highest BCUT2D eigenvalue weighted by atomic mass is 16.4. The zero-order valence-corrected chi connectivity index (χ0v) is 22.5.